The molecule has 2 rings (SSSR count). The maximum atomic E-state index is 11.6. The summed E-state index contributed by atoms with van der Waals surface area (Å²) in [6.45, 7) is -4.71. The van der Waals surface area contributed by atoms with Gasteiger partial charge in [-0.2, -0.15) is 4.98 Å². The van der Waals surface area contributed by atoms with Crippen molar-refractivity contribution in [2.45, 2.75) is 24.9 Å². The number of nitrogen functional groups attached to an aromatic ring is 1. The summed E-state index contributed by atoms with van der Waals surface area (Å²) in [5.41, 5.74) is 4.74. The third kappa shape index (κ3) is 3.83. The average Bonchev–Trinajstić information content (AvgIpc) is 2.67. The predicted molar refractivity (Wildman–Crippen MR) is 67.7 cm³/mol. The summed E-state index contributed by atoms with van der Waals surface area (Å²) in [6.07, 6.45) is -1.16. The van der Waals surface area contributed by atoms with Crippen molar-refractivity contribution in [1.82, 2.24) is 9.55 Å². The van der Waals surface area contributed by atoms with Crippen LogP contribution >= 0.6 is 6.72 Å². The summed E-state index contributed by atoms with van der Waals surface area (Å²) in [5.74, 6) is 0.0723. The zero-order valence-corrected chi connectivity index (χ0v) is 11.8. The van der Waals surface area contributed by atoms with Crippen molar-refractivity contribution in [2.24, 2.45) is 0 Å². The van der Waals surface area contributed by atoms with E-state index in [2.05, 4.69) is 21.3 Å². The van der Waals surface area contributed by atoms with E-state index in [9.17, 15) is 19.7 Å². The van der Waals surface area contributed by atoms with Gasteiger partial charge in [0.05, 0.1) is 12.7 Å². The topological polar surface area (TPSA) is 146 Å². The summed E-state index contributed by atoms with van der Waals surface area (Å²) in [6, 6.07) is 1.41. The summed E-state index contributed by atoms with van der Waals surface area (Å²) in [5, 5.41) is 9.77. The molecule has 0 aromatic carbocycles. The van der Waals surface area contributed by atoms with Gasteiger partial charge in [0.25, 0.3) is 0 Å². The fraction of sp³-hybridized carbons (Fsp3) is 0.556. The smallest absolute Gasteiger partial charge is 0.351 e. The van der Waals surface area contributed by atoms with Crippen LogP contribution < -0.4 is 21.2 Å². The van der Waals surface area contributed by atoms with E-state index in [0.29, 0.717) is 0 Å². The van der Waals surface area contributed by atoms with Gasteiger partial charge in [0.1, 0.15) is 18.1 Å². The van der Waals surface area contributed by atoms with Crippen LogP contribution in [0.3, 0.4) is 0 Å². The molecule has 2 heterocycles. The average molecular weight is 321 g/mol. The summed E-state index contributed by atoms with van der Waals surface area (Å²) in [4.78, 5) is 36.6. The van der Waals surface area contributed by atoms with Gasteiger partial charge in [0, 0.05) is 12.6 Å². The highest BCUT2D eigenvalue weighted by Gasteiger charge is 2.35. The van der Waals surface area contributed by atoms with Crippen molar-refractivity contribution in [2.75, 3.05) is 12.3 Å². The van der Waals surface area contributed by atoms with Crippen molar-refractivity contribution < 1.29 is 24.2 Å². The lowest BCUT2D eigenvalue weighted by molar-refractivity contribution is -0.322. The number of hydrogen-bond acceptors (Lipinski definition) is 9. The van der Waals surface area contributed by atoms with Crippen LogP contribution in [0, 0.1) is 0 Å². The number of aromatic nitrogens is 2. The molecule has 1 aromatic heterocycles. The van der Waals surface area contributed by atoms with E-state index in [1.807, 2.05) is 0 Å². The van der Waals surface area contributed by atoms with E-state index in [1.165, 1.54) is 12.3 Å². The molecule has 0 amide bonds. The summed E-state index contributed by atoms with van der Waals surface area (Å²) < 4.78 is 11.0. The number of ether oxygens (including phenoxy) is 1. The van der Waals surface area contributed by atoms with Crippen LogP contribution in [0.4, 0.5) is 5.82 Å². The molecule has 0 spiro atoms. The Kier molecular flexibility index (Phi) is 4.55. The first-order chi connectivity index (χ1) is 9.26. The zero-order valence-electron chi connectivity index (χ0n) is 10.1. The second kappa shape index (κ2) is 5.86. The Labute approximate surface area is 118 Å². The molecule has 3 atom stereocenters. The normalized spacial score (nSPS) is 26.9. The number of aliphatic hydroxyl groups excluding tert-OH is 1. The second-order valence-electron chi connectivity index (χ2n) is 4.22. The van der Waals surface area contributed by atoms with Crippen LogP contribution in [-0.4, -0.2) is 33.5 Å². The number of aliphatic hydroxyl groups is 1. The predicted octanol–water partition coefficient (Wildman–Crippen LogP) is -2.56. The number of hydrogen-bond donors (Lipinski definition) is 2. The van der Waals surface area contributed by atoms with Crippen LogP contribution in [-0.2, 0) is 21.1 Å². The zero-order chi connectivity index (χ0) is 14.9. The minimum atomic E-state index is -4.31. The van der Waals surface area contributed by atoms with E-state index in [0.717, 1.165) is 4.57 Å². The SMILES string of the molecule is Nc1ccn([C@H]2C[C@H](O)[C@@H](COP([O-])([O-])=S)O2)c(=O)n1. The van der Waals surface area contributed by atoms with Gasteiger partial charge in [-0.25, -0.2) is 4.79 Å². The molecule has 1 aliphatic heterocycles. The molecule has 11 heteroatoms. The van der Waals surface area contributed by atoms with Crippen LogP contribution in [0.25, 0.3) is 0 Å². The fourth-order valence-electron chi connectivity index (χ4n) is 1.85. The maximum Gasteiger partial charge on any atom is 0.351 e. The highest BCUT2D eigenvalue weighted by atomic mass is 32.5. The first-order valence-electron chi connectivity index (χ1n) is 5.61. The van der Waals surface area contributed by atoms with E-state index in [-0.39, 0.29) is 12.2 Å². The van der Waals surface area contributed by atoms with Gasteiger partial charge < -0.3 is 29.9 Å². The van der Waals surface area contributed by atoms with Gasteiger partial charge in [-0.05, 0) is 6.07 Å². The van der Waals surface area contributed by atoms with E-state index in [1.54, 1.807) is 0 Å². The van der Waals surface area contributed by atoms with Crippen molar-refractivity contribution in [3.63, 3.8) is 0 Å². The maximum absolute atomic E-state index is 11.6. The van der Waals surface area contributed by atoms with Crippen LogP contribution in [0.15, 0.2) is 17.1 Å². The van der Waals surface area contributed by atoms with E-state index >= 15 is 0 Å². The Morgan fingerprint density at radius 1 is 1.70 bits per heavy atom. The molecule has 0 saturated carbocycles. The molecule has 0 aliphatic carbocycles. The molecule has 1 aromatic rings. The lowest BCUT2D eigenvalue weighted by atomic mass is 10.2. The first-order valence-corrected chi connectivity index (χ1v) is 8.16. The van der Waals surface area contributed by atoms with Crippen LogP contribution in [0.5, 0.6) is 0 Å². The summed E-state index contributed by atoms with van der Waals surface area (Å²) in [7, 11) is 0. The highest BCUT2D eigenvalue weighted by molar-refractivity contribution is 8.05. The Morgan fingerprint density at radius 2 is 2.40 bits per heavy atom. The first kappa shape index (κ1) is 15.5. The molecular formula is C9H12N3O6PS-2. The lowest BCUT2D eigenvalue weighted by Crippen LogP contribution is -2.29. The number of nitrogens with two attached hydrogens (primary N) is 1. The van der Waals surface area contributed by atoms with Gasteiger partial charge >= 0.3 is 5.69 Å². The van der Waals surface area contributed by atoms with Crippen molar-refractivity contribution in [3.05, 3.63) is 22.7 Å². The van der Waals surface area contributed by atoms with Crippen LogP contribution in [0.1, 0.15) is 12.6 Å². The van der Waals surface area contributed by atoms with Gasteiger partial charge in [0.15, 0.2) is 0 Å². The van der Waals surface area contributed by atoms with Gasteiger partial charge in [-0.1, -0.05) is 6.72 Å². The van der Waals surface area contributed by atoms with Gasteiger partial charge in [0.2, 0.25) is 0 Å². The second-order valence-corrected chi connectivity index (χ2v) is 6.71. The van der Waals surface area contributed by atoms with Crippen molar-refractivity contribution >= 4 is 24.3 Å². The molecule has 0 unspecified atom stereocenters. The standard InChI is InChI=1S/C9H14N3O6PS/c10-7-1-2-12(9(14)11-7)8-3-5(13)6(18-8)4-17-19(15,16)20/h1-2,5-6,8,13H,3-4H2,(H2,10,11,14)(H2,15,16,20)/p-2/t5-,6+,8+/m0/s1. The Balaban J connectivity index is 2.06. The minimum Gasteiger partial charge on any atom is -0.812 e. The van der Waals surface area contributed by atoms with Crippen LogP contribution in [0.2, 0.25) is 0 Å². The van der Waals surface area contributed by atoms with E-state index in [4.69, 9.17) is 10.5 Å². The van der Waals surface area contributed by atoms with Crippen molar-refractivity contribution in [1.29, 1.82) is 0 Å². The number of nitrogens with zero attached hydrogens (tertiary/aromatic N) is 2. The van der Waals surface area contributed by atoms with Gasteiger partial charge in [-0.3, -0.25) is 4.57 Å². The third-order valence-electron chi connectivity index (χ3n) is 2.76. The monoisotopic (exact) mass is 321 g/mol. The molecule has 9 nitrogen and oxygen atoms in total. The third-order valence-corrected chi connectivity index (χ3v) is 3.54. The minimum absolute atomic E-state index is 0.0723. The lowest BCUT2D eigenvalue weighted by Gasteiger charge is -2.35. The molecule has 1 saturated heterocycles. The number of anilines is 1. The molecule has 0 bridgehead atoms. The molecule has 20 heavy (non-hydrogen) atoms. The largest absolute Gasteiger partial charge is 0.812 e. The highest BCUT2D eigenvalue weighted by Crippen LogP contribution is 2.32. The Bertz CT molecular complexity index is 589. The molecule has 3 N–H and O–H groups in total. The molecule has 0 radical (unpaired) electrons. The Morgan fingerprint density at radius 3 is 3.00 bits per heavy atom. The fourth-order valence-corrected chi connectivity index (χ4v) is 2.36. The quantitative estimate of drug-likeness (QED) is 0.571. The van der Waals surface area contributed by atoms with E-state index < -0.39 is 37.5 Å². The molecule has 1 aliphatic rings. The molecule has 1 fully saturated rings. The molecule has 112 valence electrons. The molecular weight excluding hydrogens is 309 g/mol. The summed E-state index contributed by atoms with van der Waals surface area (Å²) >= 11 is 4.08. The van der Waals surface area contributed by atoms with Crippen molar-refractivity contribution in [3.8, 4) is 0 Å². The Hall–Kier alpha value is -0.870. The number of rotatable bonds is 4. The van der Waals surface area contributed by atoms with Gasteiger partial charge in [-0.15, -0.1) is 11.8 Å².